The zero-order chi connectivity index (χ0) is 7.94. The van der Waals surface area contributed by atoms with E-state index in [0.717, 1.165) is 6.26 Å². The Bertz CT molecular complexity index is 256. The molecule has 5 heteroatoms. The van der Waals surface area contributed by atoms with Gasteiger partial charge in [-0.1, -0.05) is 0 Å². The summed E-state index contributed by atoms with van der Waals surface area (Å²) in [4.78, 5) is 11.8. The van der Waals surface area contributed by atoms with Gasteiger partial charge in [0, 0.05) is 13.3 Å². The van der Waals surface area contributed by atoms with Crippen LogP contribution in [0.5, 0.6) is 0 Å². The van der Waals surface area contributed by atoms with Gasteiger partial charge >= 0.3 is 0 Å². The van der Waals surface area contributed by atoms with Gasteiger partial charge in [0.25, 0.3) is 0 Å². The van der Waals surface area contributed by atoms with Crippen molar-refractivity contribution in [1.29, 1.82) is 0 Å². The molecule has 0 aromatic rings. The van der Waals surface area contributed by atoms with Crippen molar-refractivity contribution in [3.8, 4) is 0 Å². The first-order chi connectivity index (χ1) is 4.43. The zero-order valence-corrected chi connectivity index (χ0v) is 6.68. The van der Waals surface area contributed by atoms with E-state index in [1.807, 2.05) is 0 Å². The fourth-order valence-electron chi connectivity index (χ4n) is 0.917. The van der Waals surface area contributed by atoms with Gasteiger partial charge in [0.15, 0.2) is 9.84 Å². The summed E-state index contributed by atoms with van der Waals surface area (Å²) in [5.41, 5.74) is 0. The average molecular weight is 163 g/mol. The molecular formula is C5H9NO3S. The predicted molar refractivity (Wildman–Crippen MR) is 36.0 cm³/mol. The highest BCUT2D eigenvalue weighted by atomic mass is 32.2. The van der Waals surface area contributed by atoms with Crippen LogP contribution in [0.15, 0.2) is 0 Å². The topological polar surface area (TPSA) is 54.5 Å². The third kappa shape index (κ3) is 1.01. The molecule has 1 aliphatic heterocycles. The molecule has 0 aliphatic carbocycles. The van der Waals surface area contributed by atoms with E-state index in [2.05, 4.69) is 0 Å². The molecule has 1 aliphatic rings. The second kappa shape index (κ2) is 1.95. The average Bonchev–Trinajstić information content (AvgIpc) is 1.79. The SMILES string of the molecule is CN1C(=O)CC1S(C)(=O)=O. The summed E-state index contributed by atoms with van der Waals surface area (Å²) in [6, 6.07) is 0. The molecule has 0 bridgehead atoms. The van der Waals surface area contributed by atoms with Crippen LogP contribution in [-0.2, 0) is 14.6 Å². The Morgan fingerprint density at radius 2 is 2.10 bits per heavy atom. The van der Waals surface area contributed by atoms with Crippen molar-refractivity contribution in [3.05, 3.63) is 0 Å². The largest absolute Gasteiger partial charge is 0.328 e. The molecule has 4 nitrogen and oxygen atoms in total. The molecule has 1 amide bonds. The Morgan fingerprint density at radius 1 is 1.60 bits per heavy atom. The van der Waals surface area contributed by atoms with Crippen molar-refractivity contribution in [2.45, 2.75) is 11.8 Å². The molecule has 0 radical (unpaired) electrons. The number of rotatable bonds is 1. The van der Waals surface area contributed by atoms with E-state index in [4.69, 9.17) is 0 Å². The van der Waals surface area contributed by atoms with E-state index >= 15 is 0 Å². The maximum Gasteiger partial charge on any atom is 0.226 e. The zero-order valence-electron chi connectivity index (χ0n) is 5.86. The number of carbonyl (C=O) groups excluding carboxylic acids is 1. The molecule has 0 saturated carbocycles. The van der Waals surface area contributed by atoms with Crippen LogP contribution in [0.4, 0.5) is 0 Å². The molecule has 1 fully saturated rings. The van der Waals surface area contributed by atoms with Crippen molar-refractivity contribution < 1.29 is 13.2 Å². The van der Waals surface area contributed by atoms with E-state index in [1.165, 1.54) is 11.9 Å². The second-order valence-corrected chi connectivity index (χ2v) is 4.70. The highest BCUT2D eigenvalue weighted by Crippen LogP contribution is 2.20. The van der Waals surface area contributed by atoms with E-state index in [-0.39, 0.29) is 12.3 Å². The van der Waals surface area contributed by atoms with Gasteiger partial charge in [-0.3, -0.25) is 4.79 Å². The summed E-state index contributed by atoms with van der Waals surface area (Å²) < 4.78 is 21.6. The number of hydrogen-bond acceptors (Lipinski definition) is 3. The second-order valence-electron chi connectivity index (χ2n) is 2.49. The van der Waals surface area contributed by atoms with Crippen molar-refractivity contribution in [1.82, 2.24) is 4.90 Å². The van der Waals surface area contributed by atoms with Crippen LogP contribution in [0, 0.1) is 0 Å². The van der Waals surface area contributed by atoms with Crippen molar-refractivity contribution in [2.75, 3.05) is 13.3 Å². The van der Waals surface area contributed by atoms with Crippen LogP contribution in [0.2, 0.25) is 0 Å². The van der Waals surface area contributed by atoms with Gasteiger partial charge in [0.1, 0.15) is 5.37 Å². The van der Waals surface area contributed by atoms with E-state index in [0.29, 0.717) is 0 Å². The van der Waals surface area contributed by atoms with Gasteiger partial charge in [0.05, 0.1) is 6.42 Å². The van der Waals surface area contributed by atoms with Gasteiger partial charge < -0.3 is 4.90 Å². The number of amides is 1. The molecule has 1 rings (SSSR count). The summed E-state index contributed by atoms with van der Waals surface area (Å²) in [6.07, 6.45) is 1.29. The summed E-state index contributed by atoms with van der Waals surface area (Å²) in [7, 11) is -1.55. The minimum absolute atomic E-state index is 0.101. The van der Waals surface area contributed by atoms with Gasteiger partial charge in [-0.2, -0.15) is 0 Å². The van der Waals surface area contributed by atoms with Crippen molar-refractivity contribution in [3.63, 3.8) is 0 Å². The number of likely N-dealkylation sites (tertiary alicyclic amines) is 1. The molecule has 1 heterocycles. The lowest BCUT2D eigenvalue weighted by atomic mass is 10.2. The van der Waals surface area contributed by atoms with Gasteiger partial charge in [-0.15, -0.1) is 0 Å². The molecule has 0 N–H and O–H groups in total. The monoisotopic (exact) mass is 163 g/mol. The lowest BCUT2D eigenvalue weighted by Crippen LogP contribution is -2.53. The Kier molecular flexibility index (Phi) is 1.47. The number of sulfone groups is 1. The third-order valence-corrected chi connectivity index (χ3v) is 3.14. The Labute approximate surface area is 59.7 Å². The number of carbonyl (C=O) groups is 1. The first-order valence-electron chi connectivity index (χ1n) is 2.87. The molecule has 10 heavy (non-hydrogen) atoms. The maximum absolute atomic E-state index is 10.8. The van der Waals surface area contributed by atoms with Gasteiger partial charge in [-0.05, 0) is 0 Å². The Hall–Kier alpha value is -0.580. The normalized spacial score (nSPS) is 26.4. The molecule has 1 saturated heterocycles. The minimum atomic E-state index is -3.04. The quantitative estimate of drug-likeness (QED) is 0.476. The number of β-lactam (4-membered cyclic amide) rings is 1. The van der Waals surface area contributed by atoms with Crippen LogP contribution >= 0.6 is 0 Å². The van der Waals surface area contributed by atoms with E-state index in [1.54, 1.807) is 0 Å². The lowest BCUT2D eigenvalue weighted by Gasteiger charge is -2.35. The van der Waals surface area contributed by atoms with Gasteiger partial charge in [0.2, 0.25) is 5.91 Å². The molecule has 1 atom stereocenters. The number of nitrogens with zero attached hydrogens (tertiary/aromatic N) is 1. The minimum Gasteiger partial charge on any atom is -0.328 e. The van der Waals surface area contributed by atoms with Crippen molar-refractivity contribution in [2.24, 2.45) is 0 Å². The molecule has 0 aromatic heterocycles. The lowest BCUT2D eigenvalue weighted by molar-refractivity contribution is -0.139. The third-order valence-electron chi connectivity index (χ3n) is 1.67. The van der Waals surface area contributed by atoms with Crippen LogP contribution in [0.3, 0.4) is 0 Å². The predicted octanol–water partition coefficient (Wildman–Crippen LogP) is -0.781. The van der Waals surface area contributed by atoms with Crippen LogP contribution in [-0.4, -0.2) is 37.9 Å². The first kappa shape index (κ1) is 7.53. The van der Waals surface area contributed by atoms with E-state index in [9.17, 15) is 13.2 Å². The summed E-state index contributed by atoms with van der Waals surface area (Å²) >= 11 is 0. The van der Waals surface area contributed by atoms with Crippen LogP contribution < -0.4 is 0 Å². The molecule has 58 valence electrons. The fraction of sp³-hybridized carbons (Fsp3) is 0.800. The highest BCUT2D eigenvalue weighted by Gasteiger charge is 2.39. The summed E-state index contributed by atoms with van der Waals surface area (Å²) in [5.74, 6) is -0.101. The van der Waals surface area contributed by atoms with Crippen molar-refractivity contribution >= 4 is 15.7 Å². The summed E-state index contributed by atoms with van der Waals surface area (Å²) in [5, 5.41) is -0.569. The molecule has 0 spiro atoms. The van der Waals surface area contributed by atoms with Gasteiger partial charge in [-0.25, -0.2) is 8.42 Å². The highest BCUT2D eigenvalue weighted by molar-refractivity contribution is 7.91. The van der Waals surface area contributed by atoms with Crippen LogP contribution in [0.1, 0.15) is 6.42 Å². The summed E-state index contributed by atoms with van der Waals surface area (Å²) in [6.45, 7) is 0. The Balaban J connectivity index is 2.74. The number of hydrogen-bond donors (Lipinski definition) is 0. The first-order valence-corrected chi connectivity index (χ1v) is 4.83. The Morgan fingerprint density at radius 3 is 2.20 bits per heavy atom. The fourth-order valence-corrected chi connectivity index (χ4v) is 2.05. The van der Waals surface area contributed by atoms with Crippen LogP contribution in [0.25, 0.3) is 0 Å². The standard InChI is InChI=1S/C5H9NO3S/c1-6-4(7)3-5(6)10(2,8)9/h5H,3H2,1-2H3. The smallest absolute Gasteiger partial charge is 0.226 e. The van der Waals surface area contributed by atoms with E-state index < -0.39 is 15.2 Å². The molecular weight excluding hydrogens is 154 g/mol. The molecule has 0 aromatic carbocycles. The maximum atomic E-state index is 10.8. The molecule has 1 unspecified atom stereocenters.